The van der Waals surface area contributed by atoms with Gasteiger partial charge in [-0.15, -0.1) is 0 Å². The highest BCUT2D eigenvalue weighted by Gasteiger charge is 2.45. The summed E-state index contributed by atoms with van der Waals surface area (Å²) in [6.07, 6.45) is -1.11. The first-order valence-electron chi connectivity index (χ1n) is 6.43. The lowest BCUT2D eigenvalue weighted by molar-refractivity contribution is -0.242. The van der Waals surface area contributed by atoms with E-state index in [4.69, 9.17) is 14.6 Å². The minimum atomic E-state index is -1.40. The smallest absolute Gasteiger partial charge is 0.256 e. The lowest BCUT2D eigenvalue weighted by atomic mass is 9.99. The molecule has 1 rings (SSSR count). The van der Waals surface area contributed by atoms with Crippen molar-refractivity contribution in [1.82, 2.24) is 0 Å². The van der Waals surface area contributed by atoms with Crippen LogP contribution in [0.4, 0.5) is 0 Å². The molecule has 0 aromatic heterocycles. The zero-order valence-corrected chi connectivity index (χ0v) is 10.7. The van der Waals surface area contributed by atoms with Crippen molar-refractivity contribution in [3.8, 4) is 0 Å². The van der Waals surface area contributed by atoms with E-state index in [1.165, 1.54) is 0 Å². The summed E-state index contributed by atoms with van der Waals surface area (Å²) in [4.78, 5) is 0. The monoisotopic (exact) mass is 263 g/mol. The first-order valence-corrected chi connectivity index (χ1v) is 6.43. The number of hydrogen-bond donors (Lipinski definition) is 4. The number of rotatable bonds is 7. The van der Waals surface area contributed by atoms with E-state index >= 15 is 0 Å². The fourth-order valence-corrected chi connectivity index (χ4v) is 1.80. The van der Waals surface area contributed by atoms with E-state index in [2.05, 4.69) is 6.92 Å². The van der Waals surface area contributed by atoms with Crippen LogP contribution < -0.4 is 0 Å². The van der Waals surface area contributed by atoms with Crippen LogP contribution in [0.3, 0.4) is 0 Å². The van der Waals surface area contributed by atoms with Gasteiger partial charge in [0.1, 0.15) is 24.4 Å². The van der Waals surface area contributed by atoms with Gasteiger partial charge >= 0.3 is 0 Å². The molecule has 1 heterocycles. The number of ether oxygens (including phenoxy) is 2. The molecule has 0 unspecified atom stereocenters. The Morgan fingerprint density at radius 2 is 1.83 bits per heavy atom. The SMILES string of the molecule is CCCCCCO[C]1O[C@H](CO)[C@H](O)[C@@H](O)[C@H]1O. The van der Waals surface area contributed by atoms with Gasteiger partial charge < -0.3 is 29.9 Å². The molecule has 0 bridgehead atoms. The van der Waals surface area contributed by atoms with Gasteiger partial charge in [0.2, 0.25) is 0 Å². The molecular weight excluding hydrogens is 240 g/mol. The third-order valence-corrected chi connectivity index (χ3v) is 2.99. The van der Waals surface area contributed by atoms with Crippen molar-refractivity contribution < 1.29 is 29.9 Å². The molecule has 0 spiro atoms. The number of hydrogen-bond acceptors (Lipinski definition) is 6. The maximum absolute atomic E-state index is 9.65. The summed E-state index contributed by atoms with van der Waals surface area (Å²) >= 11 is 0. The molecular formula is C12H23O6. The van der Waals surface area contributed by atoms with E-state index in [0.29, 0.717) is 6.61 Å². The normalized spacial score (nSPS) is 33.8. The van der Waals surface area contributed by atoms with Gasteiger partial charge in [-0.05, 0) is 6.42 Å². The number of aliphatic hydroxyl groups excluding tert-OH is 4. The highest BCUT2D eigenvalue weighted by molar-refractivity contribution is 4.96. The molecule has 107 valence electrons. The van der Waals surface area contributed by atoms with Gasteiger partial charge in [0.25, 0.3) is 6.29 Å². The Hall–Kier alpha value is -0.240. The molecule has 4 N–H and O–H groups in total. The van der Waals surface area contributed by atoms with Crippen molar-refractivity contribution in [3.63, 3.8) is 0 Å². The molecule has 1 saturated heterocycles. The minimum Gasteiger partial charge on any atom is -0.394 e. The zero-order chi connectivity index (χ0) is 13.5. The average Bonchev–Trinajstić information content (AvgIpc) is 2.38. The van der Waals surface area contributed by atoms with Crippen LogP contribution in [0.25, 0.3) is 0 Å². The fourth-order valence-electron chi connectivity index (χ4n) is 1.80. The third-order valence-electron chi connectivity index (χ3n) is 2.99. The molecule has 6 heteroatoms. The maximum atomic E-state index is 9.65. The lowest BCUT2D eigenvalue weighted by Gasteiger charge is -2.38. The van der Waals surface area contributed by atoms with E-state index in [0.717, 1.165) is 25.7 Å². The molecule has 0 aliphatic carbocycles. The van der Waals surface area contributed by atoms with Gasteiger partial charge in [0.05, 0.1) is 13.2 Å². The minimum absolute atomic E-state index is 0.122. The van der Waals surface area contributed by atoms with E-state index in [1.807, 2.05) is 0 Å². The van der Waals surface area contributed by atoms with Crippen LogP contribution in [-0.2, 0) is 9.47 Å². The lowest BCUT2D eigenvalue weighted by Crippen LogP contribution is -2.55. The van der Waals surface area contributed by atoms with Crippen molar-refractivity contribution in [1.29, 1.82) is 0 Å². The van der Waals surface area contributed by atoms with Gasteiger partial charge in [0.15, 0.2) is 0 Å². The van der Waals surface area contributed by atoms with Crippen molar-refractivity contribution in [3.05, 3.63) is 6.29 Å². The van der Waals surface area contributed by atoms with Crippen LogP contribution in [0.15, 0.2) is 0 Å². The van der Waals surface area contributed by atoms with Crippen molar-refractivity contribution in [2.45, 2.75) is 57.0 Å². The Kier molecular flexibility index (Phi) is 7.06. The topological polar surface area (TPSA) is 99.4 Å². The largest absolute Gasteiger partial charge is 0.394 e. The molecule has 0 saturated carbocycles. The van der Waals surface area contributed by atoms with Gasteiger partial charge in [-0.2, -0.15) is 0 Å². The zero-order valence-electron chi connectivity index (χ0n) is 10.7. The Balaban J connectivity index is 2.35. The van der Waals surface area contributed by atoms with Crippen LogP contribution >= 0.6 is 0 Å². The van der Waals surface area contributed by atoms with Gasteiger partial charge in [-0.25, -0.2) is 0 Å². The molecule has 18 heavy (non-hydrogen) atoms. The highest BCUT2D eigenvalue weighted by Crippen LogP contribution is 2.27. The Bertz CT molecular complexity index is 223. The number of unbranched alkanes of at least 4 members (excludes halogenated alkanes) is 3. The molecule has 1 radical (unpaired) electrons. The summed E-state index contributed by atoms with van der Waals surface area (Å²) in [6.45, 7) is 2.04. The average molecular weight is 263 g/mol. The molecule has 1 aliphatic heterocycles. The fraction of sp³-hybridized carbons (Fsp3) is 0.917. The predicted octanol–water partition coefficient (Wildman–Crippen LogP) is -0.453. The molecule has 4 atom stereocenters. The van der Waals surface area contributed by atoms with E-state index in [1.54, 1.807) is 0 Å². The summed E-state index contributed by atoms with van der Waals surface area (Å²) in [6, 6.07) is 0. The van der Waals surface area contributed by atoms with Crippen LogP contribution in [-0.4, -0.2) is 58.1 Å². The molecule has 0 amide bonds. The summed E-state index contributed by atoms with van der Waals surface area (Å²) in [5.74, 6) is 0. The first-order chi connectivity index (χ1) is 8.61. The maximum Gasteiger partial charge on any atom is 0.256 e. The standard InChI is InChI=1S/C12H23O6/c1-2-3-4-5-6-17-12-11(16)10(15)9(14)8(7-13)18-12/h8-11,13-16H,2-7H2,1H3/t8-,9+,10-,11-/m1/s1. The van der Waals surface area contributed by atoms with Gasteiger partial charge in [0, 0.05) is 0 Å². The van der Waals surface area contributed by atoms with Crippen molar-refractivity contribution in [2.24, 2.45) is 0 Å². The molecule has 1 fully saturated rings. The van der Waals surface area contributed by atoms with Gasteiger partial charge in [-0.1, -0.05) is 26.2 Å². The molecule has 0 aromatic carbocycles. The highest BCUT2D eigenvalue weighted by atomic mass is 16.7. The number of aliphatic hydroxyl groups is 4. The summed E-state index contributed by atoms with van der Waals surface area (Å²) in [5, 5.41) is 37.7. The van der Waals surface area contributed by atoms with Crippen LogP contribution in [0, 0.1) is 6.29 Å². The second-order valence-corrected chi connectivity index (χ2v) is 4.49. The summed E-state index contributed by atoms with van der Waals surface area (Å²) in [7, 11) is 0. The quantitative estimate of drug-likeness (QED) is 0.464. The van der Waals surface area contributed by atoms with Crippen LogP contribution in [0.1, 0.15) is 32.6 Å². The van der Waals surface area contributed by atoms with E-state index in [9.17, 15) is 15.3 Å². The van der Waals surface area contributed by atoms with E-state index in [-0.39, 0.29) is 6.29 Å². The molecule has 0 aromatic rings. The van der Waals surface area contributed by atoms with Gasteiger partial charge in [-0.3, -0.25) is 0 Å². The summed E-state index contributed by atoms with van der Waals surface area (Å²) < 4.78 is 10.4. The third kappa shape index (κ3) is 4.15. The Morgan fingerprint density at radius 3 is 2.44 bits per heavy atom. The molecule has 6 nitrogen and oxygen atoms in total. The molecule has 1 aliphatic rings. The van der Waals surface area contributed by atoms with E-state index < -0.39 is 31.0 Å². The van der Waals surface area contributed by atoms with Crippen molar-refractivity contribution >= 4 is 0 Å². The predicted molar refractivity (Wildman–Crippen MR) is 63.3 cm³/mol. The Labute approximate surface area is 107 Å². The Morgan fingerprint density at radius 1 is 1.11 bits per heavy atom. The second kappa shape index (κ2) is 8.04. The van der Waals surface area contributed by atoms with Crippen LogP contribution in [0.5, 0.6) is 0 Å². The van der Waals surface area contributed by atoms with Crippen molar-refractivity contribution in [2.75, 3.05) is 13.2 Å². The van der Waals surface area contributed by atoms with Crippen LogP contribution in [0.2, 0.25) is 0 Å². The first kappa shape index (κ1) is 15.8. The summed E-state index contributed by atoms with van der Waals surface area (Å²) in [5.41, 5.74) is 0. The second-order valence-electron chi connectivity index (χ2n) is 4.49.